The van der Waals surface area contributed by atoms with E-state index in [1.165, 1.54) is 0 Å². The smallest absolute Gasteiger partial charge is 0.333 e. The number of esters is 1. The molecule has 2 aromatic rings. The molecule has 0 aliphatic rings. The van der Waals surface area contributed by atoms with Crippen molar-refractivity contribution in [2.24, 2.45) is 0 Å². The van der Waals surface area contributed by atoms with Gasteiger partial charge in [-0.2, -0.15) is 0 Å². The fourth-order valence-corrected chi connectivity index (χ4v) is 2.36. The zero-order valence-corrected chi connectivity index (χ0v) is 14.5. The van der Waals surface area contributed by atoms with Crippen LogP contribution in [-0.2, 0) is 16.1 Å². The molecule has 0 radical (unpaired) electrons. The number of ether oxygens (including phenoxy) is 2. The van der Waals surface area contributed by atoms with E-state index in [2.05, 4.69) is 0 Å². The Bertz CT molecular complexity index is 702. The Hall–Kier alpha value is -2.55. The van der Waals surface area contributed by atoms with Crippen molar-refractivity contribution in [3.63, 3.8) is 0 Å². The highest BCUT2D eigenvalue weighted by molar-refractivity contribution is 5.93. The lowest BCUT2D eigenvalue weighted by molar-refractivity contribution is -0.138. The quantitative estimate of drug-likeness (QED) is 0.535. The minimum Gasteiger partial charge on any atom is -0.489 e. The van der Waals surface area contributed by atoms with E-state index in [9.17, 15) is 4.79 Å². The second-order valence-electron chi connectivity index (χ2n) is 5.54. The SMILES string of the molecule is CCOC(=O)C(=Cc1ccc(OCc2ccccc2)cc1C)CC. The molecule has 3 heteroatoms. The van der Waals surface area contributed by atoms with E-state index >= 15 is 0 Å². The fraction of sp³-hybridized carbons (Fsp3) is 0.286. The van der Waals surface area contributed by atoms with Gasteiger partial charge in [0.15, 0.2) is 0 Å². The van der Waals surface area contributed by atoms with Gasteiger partial charge in [0.05, 0.1) is 6.61 Å². The zero-order valence-electron chi connectivity index (χ0n) is 14.5. The molecule has 2 aromatic carbocycles. The first-order valence-electron chi connectivity index (χ1n) is 8.29. The van der Waals surface area contributed by atoms with E-state index in [4.69, 9.17) is 9.47 Å². The molecular formula is C21H24O3. The van der Waals surface area contributed by atoms with Crippen LogP contribution >= 0.6 is 0 Å². The summed E-state index contributed by atoms with van der Waals surface area (Å²) < 4.78 is 10.9. The Morgan fingerprint density at radius 2 is 1.83 bits per heavy atom. The van der Waals surface area contributed by atoms with Crippen LogP contribution < -0.4 is 4.74 Å². The molecule has 0 aromatic heterocycles. The third kappa shape index (κ3) is 4.98. The number of rotatable bonds is 7. The van der Waals surface area contributed by atoms with Crippen LogP contribution in [0.25, 0.3) is 6.08 Å². The van der Waals surface area contributed by atoms with Crippen molar-refractivity contribution in [1.82, 2.24) is 0 Å². The van der Waals surface area contributed by atoms with Crippen LogP contribution in [0.5, 0.6) is 5.75 Å². The van der Waals surface area contributed by atoms with Crippen LogP contribution in [0.1, 0.15) is 37.0 Å². The number of hydrogen-bond acceptors (Lipinski definition) is 3. The Morgan fingerprint density at radius 1 is 1.08 bits per heavy atom. The minimum atomic E-state index is -0.246. The normalized spacial score (nSPS) is 11.2. The molecule has 2 rings (SSSR count). The van der Waals surface area contributed by atoms with Gasteiger partial charge >= 0.3 is 5.97 Å². The highest BCUT2D eigenvalue weighted by Gasteiger charge is 2.09. The van der Waals surface area contributed by atoms with E-state index in [1.807, 2.05) is 75.4 Å². The first kappa shape index (κ1) is 17.8. The predicted octanol–water partition coefficient (Wildman–Crippen LogP) is 4.93. The molecule has 0 spiro atoms. The van der Waals surface area contributed by atoms with Crippen LogP contribution in [0.15, 0.2) is 54.1 Å². The van der Waals surface area contributed by atoms with Gasteiger partial charge in [-0.25, -0.2) is 4.79 Å². The van der Waals surface area contributed by atoms with Crippen molar-refractivity contribution >= 4 is 12.0 Å². The maximum atomic E-state index is 11.9. The lowest BCUT2D eigenvalue weighted by atomic mass is 10.0. The highest BCUT2D eigenvalue weighted by atomic mass is 16.5. The van der Waals surface area contributed by atoms with Crippen LogP contribution in [-0.4, -0.2) is 12.6 Å². The molecule has 0 bridgehead atoms. The molecule has 0 amide bonds. The molecule has 126 valence electrons. The molecule has 24 heavy (non-hydrogen) atoms. The number of benzene rings is 2. The number of hydrogen-bond donors (Lipinski definition) is 0. The molecule has 0 heterocycles. The van der Waals surface area contributed by atoms with E-state index < -0.39 is 0 Å². The Kier molecular flexibility index (Phi) is 6.62. The van der Waals surface area contributed by atoms with Crippen LogP contribution in [0.2, 0.25) is 0 Å². The second kappa shape index (κ2) is 8.92. The summed E-state index contributed by atoms with van der Waals surface area (Å²) in [5.74, 6) is 0.575. The second-order valence-corrected chi connectivity index (χ2v) is 5.54. The van der Waals surface area contributed by atoms with Crippen LogP contribution in [0, 0.1) is 6.92 Å². The maximum absolute atomic E-state index is 11.9. The number of carbonyl (C=O) groups is 1. The molecule has 0 aliphatic carbocycles. The van der Waals surface area contributed by atoms with E-state index in [0.717, 1.165) is 22.4 Å². The zero-order chi connectivity index (χ0) is 17.4. The summed E-state index contributed by atoms with van der Waals surface area (Å²) in [6, 6.07) is 16.0. The fourth-order valence-electron chi connectivity index (χ4n) is 2.36. The van der Waals surface area contributed by atoms with Crippen molar-refractivity contribution in [2.75, 3.05) is 6.61 Å². The van der Waals surface area contributed by atoms with Gasteiger partial charge in [0.2, 0.25) is 0 Å². The van der Waals surface area contributed by atoms with Crippen molar-refractivity contribution < 1.29 is 14.3 Å². The molecular weight excluding hydrogens is 300 g/mol. The summed E-state index contributed by atoms with van der Waals surface area (Å²) in [7, 11) is 0. The maximum Gasteiger partial charge on any atom is 0.333 e. The number of aryl methyl sites for hydroxylation is 1. The van der Waals surface area contributed by atoms with Crippen LogP contribution in [0.4, 0.5) is 0 Å². The molecule has 0 aliphatic heterocycles. The van der Waals surface area contributed by atoms with Crippen LogP contribution in [0.3, 0.4) is 0 Å². The average Bonchev–Trinajstić information content (AvgIpc) is 2.60. The Labute approximate surface area is 143 Å². The highest BCUT2D eigenvalue weighted by Crippen LogP contribution is 2.21. The molecule has 3 nitrogen and oxygen atoms in total. The number of carbonyl (C=O) groups excluding carboxylic acids is 1. The summed E-state index contributed by atoms with van der Waals surface area (Å²) >= 11 is 0. The van der Waals surface area contributed by atoms with Gasteiger partial charge in [0.25, 0.3) is 0 Å². The topological polar surface area (TPSA) is 35.5 Å². The Morgan fingerprint density at radius 3 is 2.46 bits per heavy atom. The molecule has 0 fully saturated rings. The van der Waals surface area contributed by atoms with Gasteiger partial charge in [0.1, 0.15) is 12.4 Å². The molecule has 0 saturated heterocycles. The summed E-state index contributed by atoms with van der Waals surface area (Å²) in [5, 5.41) is 0. The van der Waals surface area contributed by atoms with Gasteiger partial charge in [-0.15, -0.1) is 0 Å². The van der Waals surface area contributed by atoms with E-state index in [-0.39, 0.29) is 5.97 Å². The monoisotopic (exact) mass is 324 g/mol. The Balaban J connectivity index is 2.10. The third-order valence-corrected chi connectivity index (χ3v) is 3.74. The molecule has 0 N–H and O–H groups in total. The molecule has 0 atom stereocenters. The van der Waals surface area contributed by atoms with Crippen molar-refractivity contribution in [3.05, 3.63) is 70.8 Å². The van der Waals surface area contributed by atoms with Gasteiger partial charge < -0.3 is 9.47 Å². The largest absolute Gasteiger partial charge is 0.489 e. The van der Waals surface area contributed by atoms with E-state index in [0.29, 0.717) is 25.2 Å². The van der Waals surface area contributed by atoms with Crippen molar-refractivity contribution in [1.29, 1.82) is 0 Å². The van der Waals surface area contributed by atoms with Gasteiger partial charge in [0, 0.05) is 5.57 Å². The van der Waals surface area contributed by atoms with Gasteiger partial charge in [-0.05, 0) is 55.2 Å². The predicted molar refractivity (Wildman–Crippen MR) is 96.9 cm³/mol. The lowest BCUT2D eigenvalue weighted by Crippen LogP contribution is -2.07. The first-order chi connectivity index (χ1) is 11.6. The molecule has 0 saturated carbocycles. The van der Waals surface area contributed by atoms with Gasteiger partial charge in [-0.3, -0.25) is 0 Å². The minimum absolute atomic E-state index is 0.246. The lowest BCUT2D eigenvalue weighted by Gasteiger charge is -2.10. The standard InChI is InChI=1S/C21H24O3/c1-4-18(21(22)23-5-2)14-19-11-12-20(13-16(19)3)24-15-17-9-7-6-8-10-17/h6-14H,4-5,15H2,1-3H3. The van der Waals surface area contributed by atoms with E-state index in [1.54, 1.807) is 0 Å². The van der Waals surface area contributed by atoms with Gasteiger partial charge in [-0.1, -0.05) is 43.3 Å². The molecule has 0 unspecified atom stereocenters. The third-order valence-electron chi connectivity index (χ3n) is 3.74. The van der Waals surface area contributed by atoms with Crippen molar-refractivity contribution in [2.45, 2.75) is 33.8 Å². The van der Waals surface area contributed by atoms with Crippen molar-refractivity contribution in [3.8, 4) is 5.75 Å². The summed E-state index contributed by atoms with van der Waals surface area (Å²) in [4.78, 5) is 11.9. The summed E-state index contributed by atoms with van der Waals surface area (Å²) in [6.45, 7) is 6.71. The average molecular weight is 324 g/mol. The first-order valence-corrected chi connectivity index (χ1v) is 8.29. The summed E-state index contributed by atoms with van der Waals surface area (Å²) in [5.41, 5.74) is 3.88. The summed E-state index contributed by atoms with van der Waals surface area (Å²) in [6.07, 6.45) is 2.54.